The Hall–Kier alpha value is -0.210. The first-order valence-corrected chi connectivity index (χ1v) is 7.44. The summed E-state index contributed by atoms with van der Waals surface area (Å²) in [6.07, 6.45) is 0.628. The maximum Gasteiger partial charge on any atom is 0.389 e. The summed E-state index contributed by atoms with van der Waals surface area (Å²) in [5.41, 5.74) is 0. The van der Waals surface area contributed by atoms with Crippen LogP contribution in [-0.4, -0.2) is 31.8 Å². The van der Waals surface area contributed by atoms with Gasteiger partial charge < -0.3 is 10.6 Å². The lowest BCUT2D eigenvalue weighted by Crippen LogP contribution is -2.45. The minimum Gasteiger partial charge on any atom is -0.356 e. The molecule has 1 fully saturated rings. The second-order valence-corrected chi connectivity index (χ2v) is 5.67. The van der Waals surface area contributed by atoms with Crippen molar-refractivity contribution in [2.24, 2.45) is 10.9 Å². The normalized spacial score (nSPS) is 23.4. The lowest BCUT2D eigenvalue weighted by molar-refractivity contribution is -0.135. The van der Waals surface area contributed by atoms with Gasteiger partial charge in [0.1, 0.15) is 0 Å². The van der Waals surface area contributed by atoms with E-state index in [1.54, 1.807) is 7.05 Å². The van der Waals surface area contributed by atoms with Crippen LogP contribution in [0.5, 0.6) is 0 Å². The van der Waals surface area contributed by atoms with Crippen molar-refractivity contribution in [3.05, 3.63) is 0 Å². The number of aliphatic imine (C=N–C) groups is 1. The lowest BCUT2D eigenvalue weighted by Gasteiger charge is -2.28. The zero-order valence-corrected chi connectivity index (χ0v) is 15.1. The van der Waals surface area contributed by atoms with Crippen LogP contribution in [0.15, 0.2) is 4.99 Å². The van der Waals surface area contributed by atoms with E-state index in [-0.39, 0.29) is 30.4 Å². The van der Waals surface area contributed by atoms with Crippen molar-refractivity contribution < 1.29 is 13.2 Å². The summed E-state index contributed by atoms with van der Waals surface area (Å²) in [6.45, 7) is 2.79. The zero-order chi connectivity index (χ0) is 15.0. The van der Waals surface area contributed by atoms with Crippen LogP contribution in [0, 0.1) is 5.92 Å². The van der Waals surface area contributed by atoms with Gasteiger partial charge in [0.25, 0.3) is 0 Å². The molecule has 0 saturated heterocycles. The highest BCUT2D eigenvalue weighted by Crippen LogP contribution is 2.23. The predicted molar refractivity (Wildman–Crippen MR) is 91.2 cm³/mol. The number of nitrogens with zero attached hydrogens (tertiary/aromatic N) is 1. The maximum atomic E-state index is 12.0. The van der Waals surface area contributed by atoms with Crippen LogP contribution in [0.3, 0.4) is 0 Å². The third-order valence-corrected chi connectivity index (χ3v) is 3.76. The summed E-state index contributed by atoms with van der Waals surface area (Å²) < 4.78 is 36.0. The van der Waals surface area contributed by atoms with Crippen LogP contribution in [-0.2, 0) is 0 Å². The van der Waals surface area contributed by atoms with Crippen molar-refractivity contribution in [2.45, 2.75) is 64.1 Å². The van der Waals surface area contributed by atoms with Gasteiger partial charge in [-0.2, -0.15) is 13.2 Å². The second-order valence-electron chi connectivity index (χ2n) is 5.67. The smallest absolute Gasteiger partial charge is 0.356 e. The summed E-state index contributed by atoms with van der Waals surface area (Å²) in [4.78, 5) is 4.12. The van der Waals surface area contributed by atoms with E-state index in [1.165, 1.54) is 12.8 Å². The molecule has 0 radical (unpaired) electrons. The van der Waals surface area contributed by atoms with Crippen LogP contribution in [0.4, 0.5) is 13.2 Å². The number of hydrogen-bond acceptors (Lipinski definition) is 1. The number of halogens is 4. The number of hydrogen-bond donors (Lipinski definition) is 2. The van der Waals surface area contributed by atoms with E-state index < -0.39 is 12.6 Å². The number of alkyl halides is 3. The molecule has 0 bridgehead atoms. The molecule has 1 saturated carbocycles. The molecule has 0 aromatic rings. The topological polar surface area (TPSA) is 36.4 Å². The Kier molecular flexibility index (Phi) is 10.4. The van der Waals surface area contributed by atoms with Crippen molar-refractivity contribution in [1.82, 2.24) is 10.6 Å². The van der Waals surface area contributed by atoms with E-state index in [0.29, 0.717) is 25.0 Å². The molecule has 0 aliphatic heterocycles. The minimum absolute atomic E-state index is 0. The molecular formula is C14H27F3IN3. The molecule has 0 unspecified atom stereocenters. The molecule has 1 rings (SSSR count). The monoisotopic (exact) mass is 421 g/mol. The van der Waals surface area contributed by atoms with Crippen LogP contribution >= 0.6 is 24.0 Å². The fraction of sp³-hybridized carbons (Fsp3) is 0.929. The van der Waals surface area contributed by atoms with E-state index in [2.05, 4.69) is 22.5 Å². The van der Waals surface area contributed by atoms with Crippen molar-refractivity contribution in [3.8, 4) is 0 Å². The first-order chi connectivity index (χ1) is 9.40. The van der Waals surface area contributed by atoms with Gasteiger partial charge in [0, 0.05) is 26.1 Å². The molecule has 0 spiro atoms. The third kappa shape index (κ3) is 10.2. The molecule has 1 aliphatic carbocycles. The van der Waals surface area contributed by atoms with Crippen molar-refractivity contribution in [3.63, 3.8) is 0 Å². The Balaban J connectivity index is 0.00000400. The summed E-state index contributed by atoms with van der Waals surface area (Å²) in [5, 5.41) is 6.44. The highest BCUT2D eigenvalue weighted by atomic mass is 127. The van der Waals surface area contributed by atoms with E-state index in [1.807, 2.05) is 0 Å². The van der Waals surface area contributed by atoms with Gasteiger partial charge in [0.05, 0.1) is 0 Å². The van der Waals surface area contributed by atoms with Crippen LogP contribution in [0.25, 0.3) is 0 Å². The molecule has 21 heavy (non-hydrogen) atoms. The lowest BCUT2D eigenvalue weighted by atomic mass is 9.87. The molecule has 2 N–H and O–H groups in total. The Morgan fingerprint density at radius 3 is 2.29 bits per heavy atom. The number of guanidine groups is 1. The summed E-state index contributed by atoms with van der Waals surface area (Å²) in [5.74, 6) is 1.50. The molecule has 1 aliphatic rings. The molecule has 126 valence electrons. The molecule has 3 nitrogen and oxygen atoms in total. The number of rotatable bonds is 5. The highest BCUT2D eigenvalue weighted by Gasteiger charge is 2.25. The van der Waals surface area contributed by atoms with Crippen LogP contribution in [0.1, 0.15) is 51.9 Å². The van der Waals surface area contributed by atoms with Gasteiger partial charge in [0.2, 0.25) is 0 Å². The number of nitrogens with one attached hydrogen (secondary N) is 2. The zero-order valence-electron chi connectivity index (χ0n) is 12.8. The van der Waals surface area contributed by atoms with Crippen LogP contribution < -0.4 is 10.6 Å². The highest BCUT2D eigenvalue weighted by molar-refractivity contribution is 14.0. The predicted octanol–water partition coefficient (Wildman–Crippen LogP) is 4.08. The molecular weight excluding hydrogens is 394 g/mol. The fourth-order valence-electron chi connectivity index (χ4n) is 2.45. The molecule has 7 heteroatoms. The SMILES string of the molecule is CN=C(NCCCCC(F)(F)F)NC1CCC(C)CC1.I. The van der Waals surface area contributed by atoms with Gasteiger partial charge in [-0.15, -0.1) is 24.0 Å². The standard InChI is InChI=1S/C14H26F3N3.HI/c1-11-5-7-12(8-6-11)20-13(18-2)19-10-4-3-9-14(15,16)17;/h11-12H,3-10H2,1-2H3,(H2,18,19,20);1H. The van der Waals surface area contributed by atoms with E-state index in [0.717, 1.165) is 18.8 Å². The molecule has 0 amide bonds. The van der Waals surface area contributed by atoms with Gasteiger partial charge >= 0.3 is 6.18 Å². The van der Waals surface area contributed by atoms with Crippen molar-refractivity contribution in [2.75, 3.05) is 13.6 Å². The maximum absolute atomic E-state index is 12.0. The molecule has 0 atom stereocenters. The largest absolute Gasteiger partial charge is 0.389 e. The average Bonchev–Trinajstić information content (AvgIpc) is 2.38. The van der Waals surface area contributed by atoms with Gasteiger partial charge in [-0.25, -0.2) is 0 Å². The first kappa shape index (κ1) is 20.8. The second kappa shape index (κ2) is 10.5. The quantitative estimate of drug-likeness (QED) is 0.304. The summed E-state index contributed by atoms with van der Waals surface area (Å²) >= 11 is 0. The third-order valence-electron chi connectivity index (χ3n) is 3.76. The van der Waals surface area contributed by atoms with Gasteiger partial charge in [-0.05, 0) is 44.4 Å². The molecule has 0 heterocycles. The molecule has 0 aromatic heterocycles. The fourth-order valence-corrected chi connectivity index (χ4v) is 2.45. The summed E-state index contributed by atoms with van der Waals surface area (Å²) in [6, 6.07) is 0.438. The van der Waals surface area contributed by atoms with Crippen LogP contribution in [0.2, 0.25) is 0 Å². The molecule has 0 aromatic carbocycles. The number of unbranched alkanes of at least 4 members (excludes halogenated alkanes) is 1. The minimum atomic E-state index is -4.04. The average molecular weight is 421 g/mol. The van der Waals surface area contributed by atoms with Gasteiger partial charge in [0.15, 0.2) is 5.96 Å². The van der Waals surface area contributed by atoms with E-state index >= 15 is 0 Å². The Labute approximate surface area is 142 Å². The first-order valence-electron chi connectivity index (χ1n) is 7.44. The van der Waals surface area contributed by atoms with Gasteiger partial charge in [-0.3, -0.25) is 4.99 Å². The van der Waals surface area contributed by atoms with E-state index in [9.17, 15) is 13.2 Å². The summed E-state index contributed by atoms with van der Waals surface area (Å²) in [7, 11) is 1.69. The van der Waals surface area contributed by atoms with Gasteiger partial charge in [-0.1, -0.05) is 6.92 Å². The van der Waals surface area contributed by atoms with Crippen molar-refractivity contribution >= 4 is 29.9 Å². The Bertz CT molecular complexity index is 300. The van der Waals surface area contributed by atoms with E-state index in [4.69, 9.17) is 0 Å². The Morgan fingerprint density at radius 2 is 1.76 bits per heavy atom. The Morgan fingerprint density at radius 1 is 1.14 bits per heavy atom. The van der Waals surface area contributed by atoms with Crippen molar-refractivity contribution in [1.29, 1.82) is 0 Å².